The molecule has 0 bridgehead atoms. The second-order valence-electron chi connectivity index (χ2n) is 6.64. The van der Waals surface area contributed by atoms with Crippen molar-refractivity contribution in [1.29, 1.82) is 0 Å². The third-order valence-electron chi connectivity index (χ3n) is 4.72. The first kappa shape index (κ1) is 17.2. The Morgan fingerprint density at radius 1 is 0.960 bits per heavy atom. The number of fused-ring (bicyclic) bond motifs is 1. The molecule has 0 unspecified atom stereocenters. The molecule has 25 heavy (non-hydrogen) atoms. The first-order valence-electron chi connectivity index (χ1n) is 8.82. The lowest BCUT2D eigenvalue weighted by Gasteiger charge is -2.34. The Balaban J connectivity index is 1.35. The fourth-order valence-corrected chi connectivity index (χ4v) is 4.33. The fraction of sp³-hybridized carbons (Fsp3) is 0.474. The highest BCUT2D eigenvalue weighted by Gasteiger charge is 2.20. The molecule has 6 heteroatoms. The summed E-state index contributed by atoms with van der Waals surface area (Å²) in [5, 5.41) is 5.05. The van der Waals surface area contributed by atoms with Crippen LogP contribution in [0.2, 0.25) is 5.02 Å². The molecule has 1 saturated heterocycles. The zero-order chi connectivity index (χ0) is 17.1. The van der Waals surface area contributed by atoms with Crippen LogP contribution in [0.3, 0.4) is 0 Å². The minimum absolute atomic E-state index is 0.658. The van der Waals surface area contributed by atoms with Crippen molar-refractivity contribution in [1.82, 2.24) is 9.80 Å². The van der Waals surface area contributed by atoms with Crippen molar-refractivity contribution in [2.75, 3.05) is 39.4 Å². The van der Waals surface area contributed by atoms with Gasteiger partial charge in [-0.05, 0) is 40.1 Å². The quantitative estimate of drug-likeness (QED) is 0.806. The Bertz CT molecular complexity index is 700. The predicted octanol–water partition coefficient (Wildman–Crippen LogP) is 3.88. The van der Waals surface area contributed by atoms with Gasteiger partial charge < -0.3 is 9.47 Å². The van der Waals surface area contributed by atoms with Gasteiger partial charge in [0.1, 0.15) is 0 Å². The smallest absolute Gasteiger partial charge is 0.179 e. The summed E-state index contributed by atoms with van der Waals surface area (Å²) in [5.41, 5.74) is 2.62. The maximum atomic E-state index is 6.41. The third-order valence-corrected chi connectivity index (χ3v) is 5.73. The van der Waals surface area contributed by atoms with E-state index in [0.29, 0.717) is 24.0 Å². The number of hydrogen-bond acceptors (Lipinski definition) is 5. The average Bonchev–Trinajstić information content (AvgIpc) is 2.99. The van der Waals surface area contributed by atoms with Crippen LogP contribution in [-0.2, 0) is 13.1 Å². The van der Waals surface area contributed by atoms with Crippen LogP contribution in [0.15, 0.2) is 29.0 Å². The lowest BCUT2D eigenvalue weighted by atomic mass is 10.1. The molecule has 0 N–H and O–H groups in total. The summed E-state index contributed by atoms with van der Waals surface area (Å²) >= 11 is 8.18. The maximum absolute atomic E-state index is 6.41. The summed E-state index contributed by atoms with van der Waals surface area (Å²) in [6.07, 6.45) is 0.895. The largest absolute Gasteiger partial charge is 0.489 e. The van der Waals surface area contributed by atoms with Crippen molar-refractivity contribution in [2.24, 2.45) is 0 Å². The number of rotatable bonds is 4. The van der Waals surface area contributed by atoms with Gasteiger partial charge in [0.2, 0.25) is 0 Å². The first-order chi connectivity index (χ1) is 12.3. The van der Waals surface area contributed by atoms with E-state index in [1.165, 1.54) is 11.1 Å². The second kappa shape index (κ2) is 7.96. The summed E-state index contributed by atoms with van der Waals surface area (Å²) < 4.78 is 11.5. The molecule has 2 aliphatic heterocycles. The number of thiophene rings is 1. The molecule has 0 radical (unpaired) electrons. The number of piperazine rings is 1. The van der Waals surface area contributed by atoms with E-state index in [4.69, 9.17) is 21.1 Å². The molecule has 134 valence electrons. The second-order valence-corrected chi connectivity index (χ2v) is 7.83. The number of ether oxygens (including phenoxy) is 2. The van der Waals surface area contributed by atoms with Crippen LogP contribution in [0.5, 0.6) is 11.5 Å². The summed E-state index contributed by atoms with van der Waals surface area (Å²) in [7, 11) is 0. The molecule has 2 aromatic rings. The van der Waals surface area contributed by atoms with Crippen molar-refractivity contribution in [3.63, 3.8) is 0 Å². The third kappa shape index (κ3) is 4.29. The van der Waals surface area contributed by atoms with Gasteiger partial charge in [-0.25, -0.2) is 0 Å². The van der Waals surface area contributed by atoms with Gasteiger partial charge in [0.05, 0.1) is 18.2 Å². The van der Waals surface area contributed by atoms with E-state index in [-0.39, 0.29) is 0 Å². The summed E-state index contributed by atoms with van der Waals surface area (Å²) in [4.78, 5) is 5.01. The van der Waals surface area contributed by atoms with Crippen LogP contribution in [0.1, 0.15) is 17.5 Å². The van der Waals surface area contributed by atoms with E-state index in [9.17, 15) is 0 Å². The molecule has 1 fully saturated rings. The van der Waals surface area contributed by atoms with E-state index in [1.54, 1.807) is 11.3 Å². The zero-order valence-electron chi connectivity index (χ0n) is 14.2. The molecule has 0 amide bonds. The average molecular weight is 379 g/mol. The minimum Gasteiger partial charge on any atom is -0.489 e. The molecule has 0 spiro atoms. The van der Waals surface area contributed by atoms with Gasteiger partial charge in [-0.3, -0.25) is 9.80 Å². The van der Waals surface area contributed by atoms with Crippen molar-refractivity contribution in [2.45, 2.75) is 19.5 Å². The van der Waals surface area contributed by atoms with E-state index >= 15 is 0 Å². The van der Waals surface area contributed by atoms with Gasteiger partial charge in [0.15, 0.2) is 11.5 Å². The van der Waals surface area contributed by atoms with Gasteiger partial charge >= 0.3 is 0 Å². The standard InChI is InChI=1S/C19H23ClN2O2S/c20-17-10-16(11-18-19(17)24-8-1-7-23-18)13-22-5-3-21(4-6-22)12-15-2-9-25-14-15/h2,9-11,14H,1,3-8,12-13H2. The molecule has 1 aromatic carbocycles. The zero-order valence-corrected chi connectivity index (χ0v) is 15.8. The van der Waals surface area contributed by atoms with Crippen molar-refractivity contribution < 1.29 is 9.47 Å². The molecule has 3 heterocycles. The van der Waals surface area contributed by atoms with Gasteiger partial charge in [-0.15, -0.1) is 0 Å². The number of benzene rings is 1. The van der Waals surface area contributed by atoms with Crippen LogP contribution in [0.4, 0.5) is 0 Å². The molecular weight excluding hydrogens is 356 g/mol. The van der Waals surface area contributed by atoms with E-state index < -0.39 is 0 Å². The molecule has 4 nitrogen and oxygen atoms in total. The predicted molar refractivity (Wildman–Crippen MR) is 102 cm³/mol. The van der Waals surface area contributed by atoms with Crippen LogP contribution >= 0.6 is 22.9 Å². The number of halogens is 1. The Kier molecular flexibility index (Phi) is 5.46. The molecule has 2 aliphatic rings. The summed E-state index contributed by atoms with van der Waals surface area (Å²) in [6, 6.07) is 6.33. The normalized spacial score (nSPS) is 18.9. The summed E-state index contributed by atoms with van der Waals surface area (Å²) in [5.74, 6) is 1.49. The highest BCUT2D eigenvalue weighted by molar-refractivity contribution is 7.07. The number of hydrogen-bond donors (Lipinski definition) is 0. The van der Waals surface area contributed by atoms with E-state index in [0.717, 1.165) is 51.4 Å². The Morgan fingerprint density at radius 2 is 1.68 bits per heavy atom. The van der Waals surface area contributed by atoms with Gasteiger partial charge in [0.25, 0.3) is 0 Å². The van der Waals surface area contributed by atoms with Crippen LogP contribution < -0.4 is 9.47 Å². The fourth-order valence-electron chi connectivity index (χ4n) is 3.38. The van der Waals surface area contributed by atoms with Crippen LogP contribution in [0.25, 0.3) is 0 Å². The van der Waals surface area contributed by atoms with E-state index in [1.807, 2.05) is 6.07 Å². The SMILES string of the molecule is Clc1cc(CN2CCN(Cc3ccsc3)CC2)cc2c1OCCCO2. The highest BCUT2D eigenvalue weighted by Crippen LogP contribution is 2.38. The van der Waals surface area contributed by atoms with Gasteiger partial charge in [-0.2, -0.15) is 11.3 Å². The molecule has 0 aliphatic carbocycles. The lowest BCUT2D eigenvalue weighted by Crippen LogP contribution is -2.45. The van der Waals surface area contributed by atoms with E-state index in [2.05, 4.69) is 32.7 Å². The van der Waals surface area contributed by atoms with Gasteiger partial charge in [0, 0.05) is 45.7 Å². The number of nitrogens with zero attached hydrogens (tertiary/aromatic N) is 2. The van der Waals surface area contributed by atoms with Crippen molar-refractivity contribution in [3.8, 4) is 11.5 Å². The van der Waals surface area contributed by atoms with Crippen LogP contribution in [0, 0.1) is 0 Å². The Morgan fingerprint density at radius 3 is 2.40 bits per heavy atom. The molecule has 0 saturated carbocycles. The highest BCUT2D eigenvalue weighted by atomic mass is 35.5. The maximum Gasteiger partial charge on any atom is 0.179 e. The molecule has 0 atom stereocenters. The topological polar surface area (TPSA) is 24.9 Å². The first-order valence-corrected chi connectivity index (χ1v) is 10.1. The monoisotopic (exact) mass is 378 g/mol. The Hall–Kier alpha value is -1.27. The molecule has 1 aromatic heterocycles. The summed E-state index contributed by atoms with van der Waals surface area (Å²) in [6.45, 7) is 7.69. The van der Waals surface area contributed by atoms with Crippen molar-refractivity contribution >= 4 is 22.9 Å². The van der Waals surface area contributed by atoms with Crippen LogP contribution in [-0.4, -0.2) is 49.2 Å². The molecule has 4 rings (SSSR count). The van der Waals surface area contributed by atoms with Gasteiger partial charge in [-0.1, -0.05) is 11.6 Å². The van der Waals surface area contributed by atoms with Crippen molar-refractivity contribution in [3.05, 3.63) is 45.1 Å². The minimum atomic E-state index is 0.658. The lowest BCUT2D eigenvalue weighted by molar-refractivity contribution is 0.122. The Labute approximate surface area is 157 Å². The molecular formula is C19H23ClN2O2S.